The van der Waals surface area contributed by atoms with Crippen LogP contribution in [0.1, 0.15) is 126 Å². The van der Waals surface area contributed by atoms with Crippen molar-refractivity contribution in [3.05, 3.63) is 64.5 Å². The maximum absolute atomic E-state index is 15.1. The van der Waals surface area contributed by atoms with Crippen molar-refractivity contribution < 1.29 is 45.0 Å². The molecule has 0 heterocycles. The minimum absolute atomic E-state index is 0.286. The minimum Gasteiger partial charge on any atom is -0.417 e. The van der Waals surface area contributed by atoms with Crippen LogP contribution < -0.4 is 4.74 Å². The van der Waals surface area contributed by atoms with E-state index in [0.717, 1.165) is 30.6 Å². The Bertz CT molecular complexity index is 1310. The molecular formula is C37H45F7O3. The number of esters is 1. The summed E-state index contributed by atoms with van der Waals surface area (Å²) in [6, 6.07) is 1.16. The number of hydrogen-bond donors (Lipinski definition) is 0. The summed E-state index contributed by atoms with van der Waals surface area (Å²) >= 11 is 0. The Hall–Kier alpha value is -2.62. The molecule has 0 radical (unpaired) electrons. The largest absolute Gasteiger partial charge is 0.417 e. The molecule has 0 aromatic heterocycles. The summed E-state index contributed by atoms with van der Waals surface area (Å²) in [5.74, 6) is -7.87. The maximum Gasteiger partial charge on any atom is 0.383 e. The summed E-state index contributed by atoms with van der Waals surface area (Å²) in [5.41, 5.74) is -1.96. The van der Waals surface area contributed by atoms with Gasteiger partial charge >= 0.3 is 12.1 Å². The Kier molecular flexibility index (Phi) is 11.9. The number of hydrogen-bond acceptors (Lipinski definition) is 3. The van der Waals surface area contributed by atoms with E-state index in [1.54, 1.807) is 0 Å². The van der Waals surface area contributed by atoms with Crippen LogP contribution in [-0.2, 0) is 10.8 Å². The molecule has 0 N–H and O–H groups in total. The Morgan fingerprint density at radius 2 is 1.15 bits per heavy atom. The SMILES string of the molecule is CCCCCC1CCC(C2CCC(C3CCC(OC(F)(F)c4cc(F)c(OC(=O)c5cc(F)c(F)c(F)c5)c(F)c4)CC3)CC2)CC1. The third-order valence-corrected chi connectivity index (χ3v) is 11.0. The second-order valence-electron chi connectivity index (χ2n) is 14.0. The first-order valence-electron chi connectivity index (χ1n) is 17.4. The van der Waals surface area contributed by atoms with Crippen LogP contribution in [0.25, 0.3) is 0 Å². The van der Waals surface area contributed by atoms with Crippen molar-refractivity contribution in [1.29, 1.82) is 0 Å². The molecule has 10 heteroatoms. The van der Waals surface area contributed by atoms with Gasteiger partial charge in [-0.1, -0.05) is 45.4 Å². The van der Waals surface area contributed by atoms with Crippen LogP contribution >= 0.6 is 0 Å². The fraction of sp³-hybridized carbons (Fsp3) is 0.649. The Morgan fingerprint density at radius 3 is 1.64 bits per heavy atom. The van der Waals surface area contributed by atoms with E-state index in [0.29, 0.717) is 36.8 Å². The zero-order valence-electron chi connectivity index (χ0n) is 27.0. The lowest BCUT2D eigenvalue weighted by atomic mass is 9.65. The third kappa shape index (κ3) is 8.90. The lowest BCUT2D eigenvalue weighted by Crippen LogP contribution is -2.33. The van der Waals surface area contributed by atoms with Crippen molar-refractivity contribution in [3.8, 4) is 5.75 Å². The highest BCUT2D eigenvalue weighted by Gasteiger charge is 2.41. The normalized spacial score (nSPS) is 27.1. The molecule has 0 aliphatic heterocycles. The summed E-state index contributed by atoms with van der Waals surface area (Å²) < 4.78 is 109. The van der Waals surface area contributed by atoms with E-state index >= 15 is 8.78 Å². The highest BCUT2D eigenvalue weighted by molar-refractivity contribution is 5.91. The van der Waals surface area contributed by atoms with Gasteiger partial charge in [-0.25, -0.2) is 26.7 Å². The Morgan fingerprint density at radius 1 is 0.681 bits per heavy atom. The topological polar surface area (TPSA) is 35.5 Å². The molecule has 0 bridgehead atoms. The van der Waals surface area contributed by atoms with Gasteiger partial charge in [0.05, 0.1) is 17.2 Å². The summed E-state index contributed by atoms with van der Waals surface area (Å²) in [4.78, 5) is 12.2. The molecule has 5 rings (SSSR count). The number of halogens is 7. The Balaban J connectivity index is 1.08. The van der Waals surface area contributed by atoms with Crippen molar-refractivity contribution in [3.63, 3.8) is 0 Å². The molecule has 2 aromatic carbocycles. The third-order valence-electron chi connectivity index (χ3n) is 11.0. The zero-order valence-corrected chi connectivity index (χ0v) is 27.0. The highest BCUT2D eigenvalue weighted by atomic mass is 19.3. The number of alkyl halides is 2. The van der Waals surface area contributed by atoms with Crippen molar-refractivity contribution in [2.24, 2.45) is 29.6 Å². The van der Waals surface area contributed by atoms with Gasteiger partial charge in [-0.3, -0.25) is 0 Å². The molecule has 0 saturated heterocycles. The monoisotopic (exact) mass is 670 g/mol. The van der Waals surface area contributed by atoms with Crippen LogP contribution in [0.2, 0.25) is 0 Å². The van der Waals surface area contributed by atoms with Gasteiger partial charge in [-0.05, 0) is 118 Å². The van der Waals surface area contributed by atoms with Gasteiger partial charge in [0, 0.05) is 0 Å². The van der Waals surface area contributed by atoms with E-state index in [-0.39, 0.29) is 12.1 Å². The van der Waals surface area contributed by atoms with E-state index in [1.807, 2.05) is 0 Å². The van der Waals surface area contributed by atoms with Crippen LogP contribution in [0.5, 0.6) is 5.75 Å². The second kappa shape index (κ2) is 15.7. The molecule has 3 aliphatic carbocycles. The molecule has 3 nitrogen and oxygen atoms in total. The fourth-order valence-electron chi connectivity index (χ4n) is 8.32. The zero-order chi connectivity index (χ0) is 33.7. The number of carbonyl (C=O) groups is 1. The average molecular weight is 671 g/mol. The fourth-order valence-corrected chi connectivity index (χ4v) is 8.32. The molecule has 0 amide bonds. The minimum atomic E-state index is -4.02. The molecule has 0 atom stereocenters. The summed E-state index contributed by atoms with van der Waals surface area (Å²) in [7, 11) is 0. The molecule has 0 spiro atoms. The van der Waals surface area contributed by atoms with Crippen LogP contribution in [0.4, 0.5) is 30.7 Å². The highest BCUT2D eigenvalue weighted by Crippen LogP contribution is 2.47. The van der Waals surface area contributed by atoms with Gasteiger partial charge in [0.1, 0.15) is 0 Å². The second-order valence-corrected chi connectivity index (χ2v) is 14.0. The van der Waals surface area contributed by atoms with E-state index < -0.39 is 64.1 Å². The first kappa shape index (κ1) is 35.7. The average Bonchev–Trinajstić information content (AvgIpc) is 3.05. The Labute approximate surface area is 272 Å². The lowest BCUT2D eigenvalue weighted by Gasteiger charge is -2.41. The molecular weight excluding hydrogens is 625 g/mol. The van der Waals surface area contributed by atoms with Gasteiger partial charge in [0.25, 0.3) is 0 Å². The predicted octanol–water partition coefficient (Wildman–Crippen LogP) is 11.4. The van der Waals surface area contributed by atoms with E-state index in [9.17, 15) is 26.7 Å². The number of rotatable bonds is 11. The number of ether oxygens (including phenoxy) is 2. The van der Waals surface area contributed by atoms with Crippen LogP contribution in [-0.4, -0.2) is 12.1 Å². The van der Waals surface area contributed by atoms with Gasteiger partial charge in [0.2, 0.25) is 5.75 Å². The maximum atomic E-state index is 15.1. The molecule has 3 saturated carbocycles. The van der Waals surface area contributed by atoms with Gasteiger partial charge in [-0.15, -0.1) is 0 Å². The smallest absolute Gasteiger partial charge is 0.383 e. The molecule has 3 fully saturated rings. The van der Waals surface area contributed by atoms with E-state index in [2.05, 4.69) is 11.7 Å². The van der Waals surface area contributed by atoms with Crippen LogP contribution in [0, 0.1) is 58.7 Å². The predicted molar refractivity (Wildman–Crippen MR) is 163 cm³/mol. The van der Waals surface area contributed by atoms with Crippen molar-refractivity contribution in [2.75, 3.05) is 0 Å². The van der Waals surface area contributed by atoms with Crippen molar-refractivity contribution >= 4 is 5.97 Å². The quantitative estimate of drug-likeness (QED) is 0.0785. The first-order chi connectivity index (χ1) is 22.4. The number of benzene rings is 2. The van der Waals surface area contributed by atoms with Gasteiger partial charge in [0.15, 0.2) is 29.1 Å². The summed E-state index contributed by atoms with van der Waals surface area (Å²) in [6.45, 7) is 2.25. The van der Waals surface area contributed by atoms with Crippen LogP contribution in [0.15, 0.2) is 24.3 Å². The van der Waals surface area contributed by atoms with Crippen LogP contribution in [0.3, 0.4) is 0 Å². The lowest BCUT2D eigenvalue weighted by molar-refractivity contribution is -0.278. The molecule has 0 unspecified atom stereocenters. The standard InChI is InChI=1S/C37H45F7O3/c1-2-3-4-5-22-6-8-23(9-7-22)24-10-12-25(13-11-24)26-14-16-29(17-15-26)47-37(43,44)28-20-32(40)35(33(41)21-28)46-36(45)27-18-30(38)34(42)31(39)19-27/h18-26,29H,2-17H2,1H3. The van der Waals surface area contributed by atoms with Gasteiger partial charge in [-0.2, -0.15) is 8.78 Å². The van der Waals surface area contributed by atoms with Crippen molar-refractivity contribution in [2.45, 2.75) is 122 Å². The number of carbonyl (C=O) groups excluding carboxylic acids is 1. The van der Waals surface area contributed by atoms with Crippen molar-refractivity contribution in [1.82, 2.24) is 0 Å². The molecule has 2 aromatic rings. The summed E-state index contributed by atoms with van der Waals surface area (Å²) in [6.07, 6.45) is 13.3. The van der Waals surface area contributed by atoms with E-state index in [1.165, 1.54) is 77.0 Å². The first-order valence-corrected chi connectivity index (χ1v) is 17.4. The molecule has 260 valence electrons. The molecule has 3 aliphatic rings. The van der Waals surface area contributed by atoms with Gasteiger partial charge < -0.3 is 9.47 Å². The summed E-state index contributed by atoms with van der Waals surface area (Å²) in [5, 5.41) is 0. The van der Waals surface area contributed by atoms with E-state index in [4.69, 9.17) is 4.74 Å². The molecule has 47 heavy (non-hydrogen) atoms. The number of unbranched alkanes of at least 4 members (excludes halogenated alkanes) is 2.